The fourth-order valence-electron chi connectivity index (χ4n) is 3.14. The van der Waals surface area contributed by atoms with E-state index in [0.29, 0.717) is 5.92 Å². The van der Waals surface area contributed by atoms with Gasteiger partial charge in [0.25, 0.3) is 0 Å². The summed E-state index contributed by atoms with van der Waals surface area (Å²) in [4.78, 5) is 0. The SMILES string of the molecule is Cc1ccc(-c2cc(C(C)C)c([Si](C)(C)C)c[n+]2C)c(C)c1. The van der Waals surface area contributed by atoms with Crippen molar-refractivity contribution in [1.82, 2.24) is 0 Å². The quantitative estimate of drug-likeness (QED) is 0.582. The number of pyridine rings is 1. The average Bonchev–Trinajstić information content (AvgIpc) is 2.37. The van der Waals surface area contributed by atoms with Gasteiger partial charge in [-0.2, -0.15) is 0 Å². The lowest BCUT2D eigenvalue weighted by Gasteiger charge is -2.22. The van der Waals surface area contributed by atoms with Crippen LogP contribution in [0.2, 0.25) is 19.6 Å². The van der Waals surface area contributed by atoms with Crippen LogP contribution in [0.25, 0.3) is 11.3 Å². The first kappa shape index (κ1) is 16.9. The number of hydrogen-bond donors (Lipinski definition) is 0. The first-order chi connectivity index (χ1) is 10.1. The van der Waals surface area contributed by atoms with Crippen molar-refractivity contribution in [2.24, 2.45) is 7.05 Å². The Balaban J connectivity index is 2.71. The standard InChI is InChI=1S/C20H30NSi/c1-14(2)18-12-19(17-10-9-15(3)11-16(17)4)21(5)13-20(18)22(6,7)8/h9-14H,1-8H3/q+1. The van der Waals surface area contributed by atoms with Gasteiger partial charge in [-0.1, -0.05) is 51.2 Å². The smallest absolute Gasteiger partial charge is 0.201 e. The van der Waals surface area contributed by atoms with Crippen molar-refractivity contribution >= 4 is 13.3 Å². The molecular weight excluding hydrogens is 282 g/mol. The number of rotatable bonds is 3. The summed E-state index contributed by atoms with van der Waals surface area (Å²) in [6.45, 7) is 16.3. The van der Waals surface area contributed by atoms with Gasteiger partial charge in [-0.15, -0.1) is 0 Å². The van der Waals surface area contributed by atoms with Gasteiger partial charge in [0, 0.05) is 16.8 Å². The molecule has 2 aromatic rings. The second-order valence-electron chi connectivity index (χ2n) is 7.86. The van der Waals surface area contributed by atoms with Crippen molar-refractivity contribution in [2.75, 3.05) is 0 Å². The molecule has 22 heavy (non-hydrogen) atoms. The van der Waals surface area contributed by atoms with E-state index in [1.54, 1.807) is 5.19 Å². The van der Waals surface area contributed by atoms with Gasteiger partial charge in [0.15, 0.2) is 6.20 Å². The topological polar surface area (TPSA) is 3.88 Å². The zero-order chi connectivity index (χ0) is 16.7. The van der Waals surface area contributed by atoms with Crippen molar-refractivity contribution in [1.29, 1.82) is 0 Å². The molecule has 118 valence electrons. The van der Waals surface area contributed by atoms with Crippen molar-refractivity contribution in [3.8, 4) is 11.3 Å². The van der Waals surface area contributed by atoms with Crippen LogP contribution in [0.1, 0.15) is 36.5 Å². The van der Waals surface area contributed by atoms with Gasteiger partial charge in [-0.05, 0) is 37.0 Å². The predicted molar refractivity (Wildman–Crippen MR) is 99.6 cm³/mol. The van der Waals surface area contributed by atoms with Crippen LogP contribution in [0.15, 0.2) is 30.5 Å². The molecule has 2 heteroatoms. The van der Waals surface area contributed by atoms with E-state index in [4.69, 9.17) is 0 Å². The molecule has 2 rings (SSSR count). The first-order valence-corrected chi connectivity index (χ1v) is 11.7. The molecule has 0 aliphatic heterocycles. The molecule has 1 nitrogen and oxygen atoms in total. The predicted octanol–water partition coefficient (Wildman–Crippen LogP) is 4.46. The molecule has 1 aromatic carbocycles. The van der Waals surface area contributed by atoms with Crippen LogP contribution >= 0.6 is 0 Å². The number of aromatic nitrogens is 1. The Hall–Kier alpha value is -1.41. The molecule has 0 N–H and O–H groups in total. The summed E-state index contributed by atoms with van der Waals surface area (Å²) >= 11 is 0. The highest BCUT2D eigenvalue weighted by Crippen LogP contribution is 2.25. The molecule has 0 radical (unpaired) electrons. The Kier molecular flexibility index (Phi) is 4.62. The van der Waals surface area contributed by atoms with E-state index in [0.717, 1.165) is 0 Å². The van der Waals surface area contributed by atoms with E-state index < -0.39 is 8.07 Å². The van der Waals surface area contributed by atoms with Gasteiger partial charge in [0.05, 0.1) is 8.07 Å². The Labute approximate surface area is 137 Å². The van der Waals surface area contributed by atoms with Crippen LogP contribution in [-0.2, 0) is 7.05 Å². The van der Waals surface area contributed by atoms with Crippen LogP contribution in [0.4, 0.5) is 0 Å². The molecule has 1 aromatic heterocycles. The molecule has 0 atom stereocenters. The van der Waals surface area contributed by atoms with Gasteiger partial charge in [0.2, 0.25) is 5.69 Å². The molecule has 0 spiro atoms. The second kappa shape index (κ2) is 6.00. The summed E-state index contributed by atoms with van der Waals surface area (Å²) in [5.74, 6) is 0.562. The number of hydrogen-bond acceptors (Lipinski definition) is 0. The van der Waals surface area contributed by atoms with Gasteiger partial charge in [-0.25, -0.2) is 4.57 Å². The van der Waals surface area contributed by atoms with Crippen LogP contribution in [-0.4, -0.2) is 8.07 Å². The third-order valence-corrected chi connectivity index (χ3v) is 6.43. The van der Waals surface area contributed by atoms with Gasteiger partial charge >= 0.3 is 0 Å². The molecule has 0 saturated carbocycles. The van der Waals surface area contributed by atoms with Crippen LogP contribution in [0.5, 0.6) is 0 Å². The summed E-state index contributed by atoms with van der Waals surface area (Å²) in [5, 5.41) is 1.58. The maximum atomic E-state index is 2.44. The van der Waals surface area contributed by atoms with E-state index in [1.807, 2.05) is 0 Å². The van der Waals surface area contributed by atoms with Crippen LogP contribution in [0.3, 0.4) is 0 Å². The van der Waals surface area contributed by atoms with E-state index in [9.17, 15) is 0 Å². The number of aryl methyl sites for hydroxylation is 3. The number of benzene rings is 1. The minimum absolute atomic E-state index is 0.562. The Morgan fingerprint density at radius 1 is 1.00 bits per heavy atom. The summed E-state index contributed by atoms with van der Waals surface area (Å²) in [5.41, 5.74) is 6.87. The summed E-state index contributed by atoms with van der Waals surface area (Å²) in [6, 6.07) is 9.18. The van der Waals surface area contributed by atoms with E-state index in [-0.39, 0.29) is 0 Å². The Morgan fingerprint density at radius 3 is 2.14 bits per heavy atom. The number of nitrogens with zero attached hydrogens (tertiary/aromatic N) is 1. The lowest BCUT2D eigenvalue weighted by atomic mass is 9.98. The highest BCUT2D eigenvalue weighted by atomic mass is 28.3. The Bertz CT molecular complexity index is 694. The van der Waals surface area contributed by atoms with Crippen molar-refractivity contribution in [3.05, 3.63) is 47.2 Å². The van der Waals surface area contributed by atoms with E-state index in [1.165, 1.54) is 27.9 Å². The van der Waals surface area contributed by atoms with Crippen molar-refractivity contribution in [3.63, 3.8) is 0 Å². The minimum Gasteiger partial charge on any atom is -0.201 e. The third-order valence-electron chi connectivity index (χ3n) is 4.39. The second-order valence-corrected chi connectivity index (χ2v) is 12.9. The highest BCUT2D eigenvalue weighted by Gasteiger charge is 2.27. The molecule has 0 saturated heterocycles. The third kappa shape index (κ3) is 3.32. The summed E-state index contributed by atoms with van der Waals surface area (Å²) < 4.78 is 2.32. The maximum absolute atomic E-state index is 2.44. The summed E-state index contributed by atoms with van der Waals surface area (Å²) in [7, 11) is 0.844. The fraction of sp³-hybridized carbons (Fsp3) is 0.450. The largest absolute Gasteiger partial charge is 0.212 e. The highest BCUT2D eigenvalue weighted by molar-refractivity contribution is 6.89. The zero-order valence-corrected chi connectivity index (χ0v) is 16.4. The molecule has 0 aliphatic carbocycles. The normalized spacial score (nSPS) is 12.0. The zero-order valence-electron chi connectivity index (χ0n) is 15.4. The average molecular weight is 313 g/mol. The van der Waals surface area contributed by atoms with Crippen LogP contribution < -0.4 is 9.75 Å². The first-order valence-electron chi connectivity index (χ1n) is 8.23. The summed E-state index contributed by atoms with van der Waals surface area (Å²) in [6.07, 6.45) is 2.39. The minimum atomic E-state index is -1.34. The molecule has 0 aliphatic rings. The molecular formula is C20H30NSi+. The van der Waals surface area contributed by atoms with Crippen molar-refractivity contribution in [2.45, 2.75) is 53.3 Å². The molecule has 0 fully saturated rings. The van der Waals surface area contributed by atoms with Crippen molar-refractivity contribution < 1.29 is 4.57 Å². The molecule has 0 bridgehead atoms. The van der Waals surface area contributed by atoms with Gasteiger partial charge in [0.1, 0.15) is 7.05 Å². The van der Waals surface area contributed by atoms with Gasteiger partial charge in [-0.3, -0.25) is 0 Å². The lowest BCUT2D eigenvalue weighted by molar-refractivity contribution is -0.659. The maximum Gasteiger partial charge on any atom is 0.212 e. The molecule has 0 amide bonds. The Morgan fingerprint density at radius 2 is 1.64 bits per heavy atom. The molecule has 0 unspecified atom stereocenters. The van der Waals surface area contributed by atoms with E-state index >= 15 is 0 Å². The molecule has 1 heterocycles. The van der Waals surface area contributed by atoms with E-state index in [2.05, 4.69) is 89.4 Å². The monoisotopic (exact) mass is 312 g/mol. The van der Waals surface area contributed by atoms with Gasteiger partial charge < -0.3 is 0 Å². The van der Waals surface area contributed by atoms with Crippen LogP contribution in [0, 0.1) is 13.8 Å². The lowest BCUT2D eigenvalue weighted by Crippen LogP contribution is -2.47. The fourth-order valence-corrected chi connectivity index (χ4v) is 4.95.